The van der Waals surface area contributed by atoms with E-state index in [0.29, 0.717) is 5.92 Å². The maximum atomic E-state index is 13.5. The number of fused-ring (bicyclic) bond motifs is 1. The zero-order chi connectivity index (χ0) is 14.4. The SMILES string of the molecule is NC1c2ccc(F)cc2C=C(C2CC2)N1c1ccccc1. The molecule has 1 saturated carbocycles. The van der Waals surface area contributed by atoms with Crippen molar-refractivity contribution in [1.82, 2.24) is 0 Å². The first kappa shape index (κ1) is 12.6. The molecule has 1 heterocycles. The number of hydrogen-bond acceptors (Lipinski definition) is 2. The van der Waals surface area contributed by atoms with Crippen LogP contribution in [0, 0.1) is 11.7 Å². The number of anilines is 1. The molecule has 3 heteroatoms. The van der Waals surface area contributed by atoms with E-state index in [-0.39, 0.29) is 12.0 Å². The van der Waals surface area contributed by atoms with Crippen LogP contribution >= 0.6 is 0 Å². The van der Waals surface area contributed by atoms with Gasteiger partial charge in [-0.05, 0) is 60.2 Å². The molecule has 106 valence electrons. The van der Waals surface area contributed by atoms with Crippen molar-refractivity contribution in [3.63, 3.8) is 0 Å². The van der Waals surface area contributed by atoms with Crippen molar-refractivity contribution < 1.29 is 4.39 Å². The van der Waals surface area contributed by atoms with Crippen molar-refractivity contribution in [1.29, 1.82) is 0 Å². The minimum Gasteiger partial charge on any atom is -0.325 e. The Kier molecular flexibility index (Phi) is 2.82. The first-order valence-corrected chi connectivity index (χ1v) is 7.35. The third kappa shape index (κ3) is 2.14. The molecule has 0 spiro atoms. The number of nitrogens with two attached hydrogens (primary N) is 1. The van der Waals surface area contributed by atoms with E-state index in [1.54, 1.807) is 12.1 Å². The number of nitrogens with zero attached hydrogens (tertiary/aromatic N) is 1. The van der Waals surface area contributed by atoms with Crippen LogP contribution in [-0.2, 0) is 0 Å². The van der Waals surface area contributed by atoms with Gasteiger partial charge in [-0.15, -0.1) is 0 Å². The lowest BCUT2D eigenvalue weighted by Crippen LogP contribution is -2.37. The molecule has 2 N–H and O–H groups in total. The molecular formula is C18H17FN2. The van der Waals surface area contributed by atoms with Gasteiger partial charge in [-0.2, -0.15) is 0 Å². The summed E-state index contributed by atoms with van der Waals surface area (Å²) in [6.07, 6.45) is 4.22. The molecule has 2 aromatic carbocycles. The third-order valence-electron chi connectivity index (χ3n) is 4.26. The highest BCUT2D eigenvalue weighted by molar-refractivity contribution is 5.70. The monoisotopic (exact) mass is 280 g/mol. The fraction of sp³-hybridized carbons (Fsp3) is 0.222. The standard InChI is InChI=1S/C18H17FN2/c19-14-8-9-16-13(10-14)11-17(12-6-7-12)21(18(16)20)15-4-2-1-3-5-15/h1-5,8-12,18H,6-7,20H2. The van der Waals surface area contributed by atoms with Crippen LogP contribution in [0.3, 0.4) is 0 Å². The molecule has 1 atom stereocenters. The Labute approximate surface area is 123 Å². The summed E-state index contributed by atoms with van der Waals surface area (Å²) in [4.78, 5) is 2.19. The van der Waals surface area contributed by atoms with Crippen LogP contribution in [0.15, 0.2) is 54.2 Å². The van der Waals surface area contributed by atoms with Crippen LogP contribution in [-0.4, -0.2) is 0 Å². The number of para-hydroxylation sites is 1. The van der Waals surface area contributed by atoms with E-state index in [1.165, 1.54) is 24.6 Å². The van der Waals surface area contributed by atoms with Gasteiger partial charge in [0.15, 0.2) is 0 Å². The molecule has 0 amide bonds. The highest BCUT2D eigenvalue weighted by Gasteiger charge is 2.36. The van der Waals surface area contributed by atoms with E-state index < -0.39 is 0 Å². The molecule has 1 aliphatic carbocycles. The zero-order valence-corrected chi connectivity index (χ0v) is 11.7. The van der Waals surface area contributed by atoms with E-state index in [0.717, 1.165) is 16.8 Å². The van der Waals surface area contributed by atoms with E-state index in [1.807, 2.05) is 18.2 Å². The normalized spacial score (nSPS) is 21.0. The van der Waals surface area contributed by atoms with E-state index in [9.17, 15) is 4.39 Å². The lowest BCUT2D eigenvalue weighted by molar-refractivity contribution is 0.619. The minimum atomic E-state index is -0.261. The van der Waals surface area contributed by atoms with Gasteiger partial charge in [-0.25, -0.2) is 4.39 Å². The summed E-state index contributed by atoms with van der Waals surface area (Å²) in [6.45, 7) is 0. The molecule has 2 aromatic rings. The summed E-state index contributed by atoms with van der Waals surface area (Å²) in [5.74, 6) is 0.341. The van der Waals surface area contributed by atoms with Crippen LogP contribution in [0.2, 0.25) is 0 Å². The van der Waals surface area contributed by atoms with Crippen molar-refractivity contribution >= 4 is 11.8 Å². The summed E-state index contributed by atoms with van der Waals surface area (Å²) >= 11 is 0. The van der Waals surface area contributed by atoms with Crippen molar-refractivity contribution in [3.8, 4) is 0 Å². The Hall–Kier alpha value is -2.13. The second-order valence-corrected chi connectivity index (χ2v) is 5.77. The minimum absolute atomic E-state index is 0.208. The van der Waals surface area contributed by atoms with Crippen molar-refractivity contribution in [2.24, 2.45) is 11.7 Å². The largest absolute Gasteiger partial charge is 0.325 e. The molecule has 0 radical (unpaired) electrons. The molecule has 0 bridgehead atoms. The predicted molar refractivity (Wildman–Crippen MR) is 83.0 cm³/mol. The molecule has 1 fully saturated rings. The zero-order valence-electron chi connectivity index (χ0n) is 11.7. The number of benzene rings is 2. The summed E-state index contributed by atoms with van der Waals surface area (Å²) in [5, 5.41) is 0. The van der Waals surface area contributed by atoms with Gasteiger partial charge in [0.1, 0.15) is 12.0 Å². The number of hydrogen-bond donors (Lipinski definition) is 1. The summed E-state index contributed by atoms with van der Waals surface area (Å²) in [7, 11) is 0. The van der Waals surface area contributed by atoms with Gasteiger partial charge >= 0.3 is 0 Å². The highest BCUT2D eigenvalue weighted by Crippen LogP contribution is 2.46. The average molecular weight is 280 g/mol. The molecule has 2 nitrogen and oxygen atoms in total. The predicted octanol–water partition coefficient (Wildman–Crippen LogP) is 4.05. The molecular weight excluding hydrogens is 263 g/mol. The van der Waals surface area contributed by atoms with Gasteiger partial charge in [-0.1, -0.05) is 24.3 Å². The summed E-state index contributed by atoms with van der Waals surface area (Å²) in [6, 6.07) is 15.1. The lowest BCUT2D eigenvalue weighted by atomic mass is 9.96. The Balaban J connectivity index is 1.86. The van der Waals surface area contributed by atoms with Crippen LogP contribution in [0.5, 0.6) is 0 Å². The van der Waals surface area contributed by atoms with E-state index in [2.05, 4.69) is 23.1 Å². The first-order chi connectivity index (χ1) is 10.2. The third-order valence-corrected chi connectivity index (χ3v) is 4.26. The maximum Gasteiger partial charge on any atom is 0.123 e. The van der Waals surface area contributed by atoms with Gasteiger partial charge in [0.25, 0.3) is 0 Å². The van der Waals surface area contributed by atoms with Gasteiger partial charge in [-0.3, -0.25) is 0 Å². The smallest absolute Gasteiger partial charge is 0.123 e. The van der Waals surface area contributed by atoms with Gasteiger partial charge < -0.3 is 10.6 Å². The lowest BCUT2D eigenvalue weighted by Gasteiger charge is -2.37. The highest BCUT2D eigenvalue weighted by atomic mass is 19.1. The second-order valence-electron chi connectivity index (χ2n) is 5.77. The van der Waals surface area contributed by atoms with E-state index in [4.69, 9.17) is 5.73 Å². The van der Waals surface area contributed by atoms with Crippen LogP contribution in [0.25, 0.3) is 6.08 Å². The molecule has 4 rings (SSSR count). The Bertz CT molecular complexity index is 704. The quantitative estimate of drug-likeness (QED) is 0.899. The second kappa shape index (κ2) is 4.71. The van der Waals surface area contributed by atoms with Crippen molar-refractivity contribution in [3.05, 3.63) is 71.2 Å². The van der Waals surface area contributed by atoms with Crippen LogP contribution in [0.4, 0.5) is 10.1 Å². The molecule has 0 aromatic heterocycles. The molecule has 1 unspecified atom stereocenters. The number of rotatable bonds is 2. The molecule has 2 aliphatic rings. The number of halogens is 1. The summed E-state index contributed by atoms with van der Waals surface area (Å²) in [5.41, 5.74) is 10.7. The van der Waals surface area contributed by atoms with E-state index >= 15 is 0 Å². The molecule has 1 aliphatic heterocycles. The number of allylic oxidation sites excluding steroid dienone is 1. The van der Waals surface area contributed by atoms with Gasteiger partial charge in [0, 0.05) is 11.4 Å². The molecule has 0 saturated heterocycles. The Morgan fingerprint density at radius 1 is 1.05 bits per heavy atom. The Morgan fingerprint density at radius 3 is 2.52 bits per heavy atom. The van der Waals surface area contributed by atoms with Crippen LogP contribution in [0.1, 0.15) is 30.1 Å². The van der Waals surface area contributed by atoms with Gasteiger partial charge in [0.2, 0.25) is 0 Å². The topological polar surface area (TPSA) is 29.3 Å². The van der Waals surface area contributed by atoms with Crippen LogP contribution < -0.4 is 10.6 Å². The van der Waals surface area contributed by atoms with Gasteiger partial charge in [0.05, 0.1) is 0 Å². The molecule has 21 heavy (non-hydrogen) atoms. The van der Waals surface area contributed by atoms with Crippen molar-refractivity contribution in [2.45, 2.75) is 19.0 Å². The fourth-order valence-electron chi connectivity index (χ4n) is 3.06. The first-order valence-electron chi connectivity index (χ1n) is 7.35. The van der Waals surface area contributed by atoms with Crippen molar-refractivity contribution in [2.75, 3.05) is 4.90 Å². The average Bonchev–Trinajstić information content (AvgIpc) is 3.32. The fourth-order valence-corrected chi connectivity index (χ4v) is 3.06. The summed E-state index contributed by atoms with van der Waals surface area (Å²) < 4.78 is 13.5. The maximum absolute atomic E-state index is 13.5. The Morgan fingerprint density at radius 2 is 1.81 bits per heavy atom.